The van der Waals surface area contributed by atoms with Gasteiger partial charge < -0.3 is 4.90 Å². The first-order valence-corrected chi connectivity index (χ1v) is 14.6. The molecule has 1 aliphatic heterocycles. The third-order valence-corrected chi connectivity index (χ3v) is 11.7. The number of benzene rings is 2. The topological polar surface area (TPSA) is 54.5 Å². The number of fused-ring (bicyclic) bond motifs is 2. The zero-order valence-electron chi connectivity index (χ0n) is 18.9. The Morgan fingerprint density at radius 1 is 0.939 bits per heavy atom. The Morgan fingerprint density at radius 2 is 1.64 bits per heavy atom. The molecule has 3 saturated carbocycles. The van der Waals surface area contributed by atoms with Gasteiger partial charge in [-0.05, 0) is 98.7 Å². The Hall–Kier alpha value is -1.66. The smallest absolute Gasteiger partial charge is 0.258 e. The van der Waals surface area contributed by atoms with Crippen molar-refractivity contribution >= 4 is 37.4 Å². The molecule has 33 heavy (non-hydrogen) atoms. The first-order valence-electron chi connectivity index (χ1n) is 12.3. The fraction of sp³-hybridized carbons (Fsp3) is 0.519. The number of carbonyl (C=O) groups is 1. The van der Waals surface area contributed by atoms with E-state index in [2.05, 4.69) is 22.0 Å². The van der Waals surface area contributed by atoms with E-state index < -0.39 is 9.84 Å². The normalized spacial score (nSPS) is 23.2. The maximum atomic E-state index is 13.8. The number of hydrogen-bond acceptors (Lipinski definition) is 3. The number of amides is 1. The van der Waals surface area contributed by atoms with E-state index in [1.807, 2.05) is 17.0 Å². The van der Waals surface area contributed by atoms with Crippen LogP contribution in [0.3, 0.4) is 0 Å². The summed E-state index contributed by atoms with van der Waals surface area (Å²) in [5.74, 6) is -0.0920. The van der Waals surface area contributed by atoms with Gasteiger partial charge in [0, 0.05) is 27.7 Å². The van der Waals surface area contributed by atoms with Crippen LogP contribution in [0.4, 0.5) is 5.69 Å². The third kappa shape index (κ3) is 3.59. The van der Waals surface area contributed by atoms with E-state index in [-0.39, 0.29) is 16.6 Å². The molecular formula is C27H30BrNO3S. The van der Waals surface area contributed by atoms with Crippen molar-refractivity contribution in [2.75, 3.05) is 11.4 Å². The highest BCUT2D eigenvalue weighted by molar-refractivity contribution is 9.10. The van der Waals surface area contributed by atoms with E-state index >= 15 is 0 Å². The standard InChI is InChI=1S/C27H30BrNO3S/c28-20-8-9-24-23(17-20)27(14-12-26(10-11-26)13-15-27)18-29(24)25(30)19-4-3-7-22(16-19)33(31,32)21-5-1-2-6-21/h3-4,7-9,16-17,21H,1-2,5-6,10-15,18H2. The molecule has 3 aliphatic carbocycles. The second-order valence-electron chi connectivity index (χ2n) is 10.8. The van der Waals surface area contributed by atoms with Crippen LogP contribution in [0.25, 0.3) is 0 Å². The molecule has 0 bridgehead atoms. The van der Waals surface area contributed by atoms with Gasteiger partial charge in [0.15, 0.2) is 9.84 Å². The summed E-state index contributed by atoms with van der Waals surface area (Å²) in [6.07, 6.45) is 10.8. The molecule has 4 nitrogen and oxygen atoms in total. The predicted octanol–water partition coefficient (Wildman–Crippen LogP) is 6.42. The zero-order chi connectivity index (χ0) is 22.8. The number of halogens is 1. The van der Waals surface area contributed by atoms with Crippen molar-refractivity contribution in [1.82, 2.24) is 0 Å². The van der Waals surface area contributed by atoms with Crippen molar-refractivity contribution in [2.45, 2.75) is 79.8 Å². The molecule has 2 spiro atoms. The average molecular weight is 529 g/mol. The molecule has 1 heterocycles. The van der Waals surface area contributed by atoms with Gasteiger partial charge in [0.1, 0.15) is 0 Å². The fourth-order valence-corrected chi connectivity index (χ4v) is 8.80. The largest absolute Gasteiger partial charge is 0.307 e. The molecule has 0 saturated heterocycles. The van der Waals surface area contributed by atoms with Crippen LogP contribution >= 0.6 is 15.9 Å². The summed E-state index contributed by atoms with van der Waals surface area (Å²) in [5, 5.41) is -0.312. The van der Waals surface area contributed by atoms with Crippen molar-refractivity contribution < 1.29 is 13.2 Å². The Labute approximate surface area is 204 Å². The molecule has 6 rings (SSSR count). The van der Waals surface area contributed by atoms with Gasteiger partial charge in [-0.1, -0.05) is 34.8 Å². The first kappa shape index (κ1) is 21.8. The Morgan fingerprint density at radius 3 is 2.33 bits per heavy atom. The highest BCUT2D eigenvalue weighted by atomic mass is 79.9. The lowest BCUT2D eigenvalue weighted by atomic mass is 9.66. The lowest BCUT2D eigenvalue weighted by Crippen LogP contribution is -2.40. The van der Waals surface area contributed by atoms with Crippen LogP contribution in [0.5, 0.6) is 0 Å². The minimum absolute atomic E-state index is 0.0101. The molecule has 174 valence electrons. The Balaban J connectivity index is 1.33. The number of rotatable bonds is 3. The van der Waals surface area contributed by atoms with Crippen LogP contribution in [-0.4, -0.2) is 26.1 Å². The van der Waals surface area contributed by atoms with Gasteiger partial charge >= 0.3 is 0 Å². The van der Waals surface area contributed by atoms with Crippen LogP contribution < -0.4 is 4.90 Å². The highest BCUT2D eigenvalue weighted by Crippen LogP contribution is 2.62. The summed E-state index contributed by atoms with van der Waals surface area (Å²) < 4.78 is 27.3. The number of hydrogen-bond donors (Lipinski definition) is 0. The molecule has 1 amide bonds. The third-order valence-electron chi connectivity index (χ3n) is 8.90. The van der Waals surface area contributed by atoms with Crippen molar-refractivity contribution in [3.8, 4) is 0 Å². The predicted molar refractivity (Wildman–Crippen MR) is 134 cm³/mol. The molecule has 6 heteroatoms. The molecular weight excluding hydrogens is 498 g/mol. The SMILES string of the molecule is O=C(c1cccc(S(=O)(=O)C2CCCC2)c1)N1CC2(CCC3(CC3)CC2)c2cc(Br)ccc21. The van der Waals surface area contributed by atoms with Gasteiger partial charge in [-0.2, -0.15) is 0 Å². The summed E-state index contributed by atoms with van der Waals surface area (Å²) in [5.41, 5.74) is 3.32. The van der Waals surface area contributed by atoms with E-state index in [1.54, 1.807) is 24.3 Å². The van der Waals surface area contributed by atoms with Crippen LogP contribution in [0.2, 0.25) is 0 Å². The minimum Gasteiger partial charge on any atom is -0.307 e. The quantitative estimate of drug-likeness (QED) is 0.462. The lowest BCUT2D eigenvalue weighted by Gasteiger charge is -2.38. The van der Waals surface area contributed by atoms with Crippen molar-refractivity contribution in [1.29, 1.82) is 0 Å². The monoisotopic (exact) mass is 527 g/mol. The summed E-state index contributed by atoms with van der Waals surface area (Å²) in [6, 6.07) is 13.0. The maximum Gasteiger partial charge on any atom is 0.258 e. The summed E-state index contributed by atoms with van der Waals surface area (Å²) in [6.45, 7) is 0.688. The van der Waals surface area contributed by atoms with Crippen LogP contribution in [-0.2, 0) is 15.3 Å². The van der Waals surface area contributed by atoms with Crippen molar-refractivity contribution in [3.63, 3.8) is 0 Å². The van der Waals surface area contributed by atoms with E-state index in [0.29, 0.717) is 22.4 Å². The van der Waals surface area contributed by atoms with Gasteiger partial charge in [0.25, 0.3) is 5.91 Å². The summed E-state index contributed by atoms with van der Waals surface area (Å²) in [7, 11) is -3.39. The van der Waals surface area contributed by atoms with Gasteiger partial charge in [0.2, 0.25) is 0 Å². The number of carbonyl (C=O) groups excluding carboxylic acids is 1. The van der Waals surface area contributed by atoms with E-state index in [0.717, 1.165) is 48.7 Å². The van der Waals surface area contributed by atoms with Gasteiger partial charge in [-0.15, -0.1) is 0 Å². The molecule has 0 radical (unpaired) electrons. The minimum atomic E-state index is -3.39. The first-order chi connectivity index (χ1) is 15.8. The van der Waals surface area contributed by atoms with Gasteiger partial charge in [0.05, 0.1) is 10.1 Å². The van der Waals surface area contributed by atoms with E-state index in [4.69, 9.17) is 0 Å². The van der Waals surface area contributed by atoms with Gasteiger partial charge in [-0.25, -0.2) is 8.42 Å². The summed E-state index contributed by atoms with van der Waals surface area (Å²) >= 11 is 3.64. The van der Waals surface area contributed by atoms with Crippen molar-refractivity contribution in [2.24, 2.45) is 5.41 Å². The number of anilines is 1. The summed E-state index contributed by atoms with van der Waals surface area (Å²) in [4.78, 5) is 16.0. The van der Waals surface area contributed by atoms with E-state index in [1.165, 1.54) is 31.2 Å². The molecule has 3 fully saturated rings. The average Bonchev–Trinajstić information content (AvgIpc) is 3.22. The van der Waals surface area contributed by atoms with Crippen molar-refractivity contribution in [3.05, 3.63) is 58.1 Å². The lowest BCUT2D eigenvalue weighted by molar-refractivity contribution is 0.0980. The van der Waals surface area contributed by atoms with Gasteiger partial charge in [-0.3, -0.25) is 4.79 Å². The molecule has 2 aromatic carbocycles. The maximum absolute atomic E-state index is 13.8. The fourth-order valence-electron chi connectivity index (χ4n) is 6.54. The van der Waals surface area contributed by atoms with Crippen LogP contribution in [0.1, 0.15) is 80.1 Å². The second-order valence-corrected chi connectivity index (χ2v) is 14.0. The highest BCUT2D eigenvalue weighted by Gasteiger charge is 2.53. The second kappa shape index (κ2) is 7.67. The molecule has 0 atom stereocenters. The Bertz CT molecular complexity index is 1220. The molecule has 0 aromatic heterocycles. The molecule has 0 unspecified atom stereocenters. The Kier molecular flexibility index (Phi) is 5.08. The van der Waals surface area contributed by atoms with E-state index in [9.17, 15) is 13.2 Å². The molecule has 0 N–H and O–H groups in total. The molecule has 2 aromatic rings. The zero-order valence-corrected chi connectivity index (χ0v) is 21.3. The van der Waals surface area contributed by atoms with Crippen LogP contribution in [0.15, 0.2) is 51.8 Å². The molecule has 4 aliphatic rings. The van der Waals surface area contributed by atoms with Crippen LogP contribution in [0, 0.1) is 5.41 Å². The number of sulfone groups is 1. The number of nitrogens with zero attached hydrogens (tertiary/aromatic N) is 1.